The van der Waals surface area contributed by atoms with Gasteiger partial charge in [0.25, 0.3) is 0 Å². The van der Waals surface area contributed by atoms with Crippen molar-refractivity contribution in [2.45, 2.75) is 26.2 Å². The Hall–Kier alpha value is -2.43. The second-order valence-corrected chi connectivity index (χ2v) is 6.51. The van der Waals surface area contributed by atoms with Crippen LogP contribution in [0.15, 0.2) is 24.4 Å². The highest BCUT2D eigenvalue weighted by molar-refractivity contribution is 5.75. The van der Waals surface area contributed by atoms with Gasteiger partial charge in [-0.25, -0.2) is 0 Å². The minimum absolute atomic E-state index is 0.147. The first-order valence-corrected chi connectivity index (χ1v) is 7.99. The molecule has 5 heteroatoms. The van der Waals surface area contributed by atoms with Crippen LogP contribution in [0, 0.1) is 0 Å². The lowest BCUT2D eigenvalue weighted by Crippen LogP contribution is -2.48. The van der Waals surface area contributed by atoms with E-state index in [0.717, 1.165) is 36.5 Å². The number of fused-ring (bicyclic) bond motifs is 1. The smallest absolute Gasteiger partial charge is 0.219 e. The van der Waals surface area contributed by atoms with Crippen molar-refractivity contribution < 1.29 is 4.79 Å². The topological polar surface area (TPSA) is 51.0 Å². The number of hydrogen-bond acceptors (Lipinski definition) is 3. The van der Waals surface area contributed by atoms with Gasteiger partial charge in [0.15, 0.2) is 0 Å². The standard InChI is InChI=1S/C18H20N4O/c1-11-4-5-16-15(11)6-13(8-19-16)17-7-18(21(3)20-17)14-9-22(10-14)12(2)23/h4,6-8,14H,5,9-10H2,1-3H3. The summed E-state index contributed by atoms with van der Waals surface area (Å²) in [6.07, 6.45) is 5.06. The Kier molecular flexibility index (Phi) is 3.11. The third-order valence-corrected chi connectivity index (χ3v) is 4.95. The third-order valence-electron chi connectivity index (χ3n) is 4.95. The molecule has 0 N–H and O–H groups in total. The molecule has 4 rings (SSSR count). The molecule has 1 aliphatic heterocycles. The molecule has 23 heavy (non-hydrogen) atoms. The van der Waals surface area contributed by atoms with E-state index < -0.39 is 0 Å². The lowest BCUT2D eigenvalue weighted by atomic mass is 9.95. The van der Waals surface area contributed by atoms with Crippen LogP contribution in [0.3, 0.4) is 0 Å². The summed E-state index contributed by atoms with van der Waals surface area (Å²) in [5.74, 6) is 0.530. The summed E-state index contributed by atoms with van der Waals surface area (Å²) < 4.78 is 1.94. The van der Waals surface area contributed by atoms with Crippen LogP contribution in [0.4, 0.5) is 0 Å². The van der Waals surface area contributed by atoms with E-state index in [1.807, 2.05) is 22.8 Å². The monoisotopic (exact) mass is 308 g/mol. The normalized spacial score (nSPS) is 17.0. The summed E-state index contributed by atoms with van der Waals surface area (Å²) >= 11 is 0. The van der Waals surface area contributed by atoms with Gasteiger partial charge in [0.05, 0.1) is 11.4 Å². The first-order chi connectivity index (χ1) is 11.0. The van der Waals surface area contributed by atoms with Crippen molar-refractivity contribution in [3.8, 4) is 11.3 Å². The highest BCUT2D eigenvalue weighted by Crippen LogP contribution is 2.32. The zero-order valence-electron chi connectivity index (χ0n) is 13.7. The summed E-state index contributed by atoms with van der Waals surface area (Å²) in [6.45, 7) is 5.33. The second kappa shape index (κ2) is 5.05. The zero-order valence-corrected chi connectivity index (χ0v) is 13.7. The van der Waals surface area contributed by atoms with Gasteiger partial charge < -0.3 is 4.90 Å². The molecule has 2 aromatic rings. The van der Waals surface area contributed by atoms with E-state index in [0.29, 0.717) is 5.92 Å². The van der Waals surface area contributed by atoms with Gasteiger partial charge in [0, 0.05) is 56.9 Å². The van der Waals surface area contributed by atoms with Crippen LogP contribution in [0.25, 0.3) is 16.8 Å². The first-order valence-electron chi connectivity index (χ1n) is 7.99. The van der Waals surface area contributed by atoms with E-state index in [1.165, 1.54) is 16.8 Å². The Labute approximate surface area is 135 Å². The maximum Gasteiger partial charge on any atom is 0.219 e. The molecule has 0 atom stereocenters. The van der Waals surface area contributed by atoms with Gasteiger partial charge in [-0.15, -0.1) is 0 Å². The highest BCUT2D eigenvalue weighted by atomic mass is 16.2. The quantitative estimate of drug-likeness (QED) is 0.856. The number of carbonyl (C=O) groups excluding carboxylic acids is 1. The molecule has 2 aliphatic rings. The molecule has 0 radical (unpaired) electrons. The number of pyridine rings is 1. The molecule has 2 aromatic heterocycles. The van der Waals surface area contributed by atoms with Crippen molar-refractivity contribution in [1.29, 1.82) is 0 Å². The molecule has 1 saturated heterocycles. The number of amides is 1. The zero-order chi connectivity index (χ0) is 16.1. The average Bonchev–Trinajstić information content (AvgIpc) is 3.01. The van der Waals surface area contributed by atoms with Crippen LogP contribution in [-0.2, 0) is 18.3 Å². The molecular weight excluding hydrogens is 288 g/mol. The van der Waals surface area contributed by atoms with Crippen LogP contribution >= 0.6 is 0 Å². The molecule has 118 valence electrons. The second-order valence-electron chi connectivity index (χ2n) is 6.51. The van der Waals surface area contributed by atoms with Gasteiger partial charge in [-0.1, -0.05) is 6.08 Å². The molecular formula is C18H20N4O. The highest BCUT2D eigenvalue weighted by Gasteiger charge is 2.32. The van der Waals surface area contributed by atoms with E-state index in [-0.39, 0.29) is 5.91 Å². The Balaban J connectivity index is 1.62. The molecule has 1 amide bonds. The van der Waals surface area contributed by atoms with Crippen molar-refractivity contribution in [3.05, 3.63) is 41.4 Å². The number of aromatic nitrogens is 3. The maximum atomic E-state index is 11.3. The van der Waals surface area contributed by atoms with Gasteiger partial charge in [-0.2, -0.15) is 5.10 Å². The number of carbonyl (C=O) groups is 1. The van der Waals surface area contributed by atoms with Crippen LogP contribution in [0.5, 0.6) is 0 Å². The van der Waals surface area contributed by atoms with Gasteiger partial charge in [-0.3, -0.25) is 14.5 Å². The summed E-state index contributed by atoms with van der Waals surface area (Å²) in [6, 6.07) is 4.33. The predicted octanol–water partition coefficient (Wildman–Crippen LogP) is 2.39. The molecule has 1 fully saturated rings. The van der Waals surface area contributed by atoms with Gasteiger partial charge in [0.2, 0.25) is 5.91 Å². The van der Waals surface area contributed by atoms with E-state index in [2.05, 4.69) is 35.2 Å². The lowest BCUT2D eigenvalue weighted by molar-refractivity contribution is -0.133. The fourth-order valence-corrected chi connectivity index (χ4v) is 3.42. The fourth-order valence-electron chi connectivity index (χ4n) is 3.42. The average molecular weight is 308 g/mol. The van der Waals surface area contributed by atoms with Crippen molar-refractivity contribution in [2.24, 2.45) is 7.05 Å². The van der Waals surface area contributed by atoms with Gasteiger partial charge in [-0.05, 0) is 30.2 Å². The fraction of sp³-hybridized carbons (Fsp3) is 0.389. The van der Waals surface area contributed by atoms with Crippen molar-refractivity contribution in [1.82, 2.24) is 19.7 Å². The molecule has 0 saturated carbocycles. The number of likely N-dealkylation sites (tertiary alicyclic amines) is 1. The van der Waals surface area contributed by atoms with E-state index in [4.69, 9.17) is 0 Å². The Morgan fingerprint density at radius 1 is 1.30 bits per heavy atom. The van der Waals surface area contributed by atoms with E-state index in [9.17, 15) is 4.79 Å². The summed E-state index contributed by atoms with van der Waals surface area (Å²) in [4.78, 5) is 17.8. The lowest BCUT2D eigenvalue weighted by Gasteiger charge is -2.38. The van der Waals surface area contributed by atoms with Crippen molar-refractivity contribution >= 4 is 11.5 Å². The van der Waals surface area contributed by atoms with Crippen LogP contribution in [-0.4, -0.2) is 38.7 Å². The number of nitrogens with zero attached hydrogens (tertiary/aromatic N) is 4. The number of hydrogen-bond donors (Lipinski definition) is 0. The van der Waals surface area contributed by atoms with E-state index in [1.54, 1.807) is 6.92 Å². The Morgan fingerprint density at radius 3 is 2.83 bits per heavy atom. The van der Waals surface area contributed by atoms with Crippen molar-refractivity contribution in [2.75, 3.05) is 13.1 Å². The minimum atomic E-state index is 0.147. The van der Waals surface area contributed by atoms with Crippen molar-refractivity contribution in [3.63, 3.8) is 0 Å². The summed E-state index contributed by atoms with van der Waals surface area (Å²) in [7, 11) is 1.97. The molecule has 0 bridgehead atoms. The molecule has 0 aromatic carbocycles. The summed E-state index contributed by atoms with van der Waals surface area (Å²) in [5.41, 5.74) is 6.88. The Bertz CT molecular complexity index is 828. The van der Waals surface area contributed by atoms with Crippen LogP contribution in [0.1, 0.15) is 36.7 Å². The maximum absolute atomic E-state index is 11.3. The third kappa shape index (κ3) is 2.27. The Morgan fingerprint density at radius 2 is 2.09 bits per heavy atom. The molecule has 0 unspecified atom stereocenters. The minimum Gasteiger partial charge on any atom is -0.341 e. The van der Waals surface area contributed by atoms with Gasteiger partial charge >= 0.3 is 0 Å². The van der Waals surface area contributed by atoms with E-state index >= 15 is 0 Å². The molecule has 3 heterocycles. The SMILES string of the molecule is CC(=O)N1CC(c2cc(-c3cnc4c(c3)C(C)=CC4)nn2C)C1. The predicted molar refractivity (Wildman–Crippen MR) is 88.8 cm³/mol. The van der Waals surface area contributed by atoms with Crippen LogP contribution in [0.2, 0.25) is 0 Å². The number of allylic oxidation sites excluding steroid dienone is 2. The van der Waals surface area contributed by atoms with Gasteiger partial charge in [0.1, 0.15) is 0 Å². The number of rotatable bonds is 2. The molecule has 0 spiro atoms. The largest absolute Gasteiger partial charge is 0.341 e. The van der Waals surface area contributed by atoms with Crippen LogP contribution < -0.4 is 0 Å². The number of aryl methyl sites for hydroxylation is 1. The summed E-state index contributed by atoms with van der Waals surface area (Å²) in [5, 5.41) is 4.66. The molecule has 5 nitrogen and oxygen atoms in total. The first kappa shape index (κ1) is 14.2. The molecule has 1 aliphatic carbocycles.